The van der Waals surface area contributed by atoms with Crippen molar-refractivity contribution >= 4 is 34.8 Å². The maximum absolute atomic E-state index is 5.89. The minimum absolute atomic E-state index is 0.344. The van der Waals surface area contributed by atoms with Gasteiger partial charge in [0.1, 0.15) is 11.5 Å². The first-order valence-corrected chi connectivity index (χ1v) is 6.26. The Balaban J connectivity index is 2.29. The Morgan fingerprint density at radius 2 is 1.71 bits per heavy atom. The van der Waals surface area contributed by atoms with Crippen molar-refractivity contribution in [1.82, 2.24) is 0 Å². The molecule has 17 heavy (non-hydrogen) atoms. The smallest absolute Gasteiger partial charge is 0.131 e. The SMILES string of the molecule is ClCc1cc(Cl)ccc1Oc1cccc(Cl)c1. The van der Waals surface area contributed by atoms with Crippen LogP contribution in [0.15, 0.2) is 42.5 Å². The van der Waals surface area contributed by atoms with Crippen LogP contribution in [0, 0.1) is 0 Å². The lowest BCUT2D eigenvalue weighted by Crippen LogP contribution is -1.89. The number of alkyl halides is 1. The van der Waals surface area contributed by atoms with Crippen molar-refractivity contribution in [3.63, 3.8) is 0 Å². The standard InChI is InChI=1S/C13H9Cl3O/c14-8-9-6-11(16)4-5-13(9)17-12-3-1-2-10(15)7-12/h1-7H,8H2. The lowest BCUT2D eigenvalue weighted by atomic mass is 10.2. The van der Waals surface area contributed by atoms with Gasteiger partial charge in [-0.3, -0.25) is 0 Å². The van der Waals surface area contributed by atoms with Crippen molar-refractivity contribution in [1.29, 1.82) is 0 Å². The molecule has 88 valence electrons. The summed E-state index contributed by atoms with van der Waals surface area (Å²) in [5.74, 6) is 1.70. The summed E-state index contributed by atoms with van der Waals surface area (Å²) in [7, 11) is 0. The molecule has 0 aliphatic carbocycles. The fourth-order valence-corrected chi connectivity index (χ4v) is 1.99. The van der Waals surface area contributed by atoms with E-state index in [4.69, 9.17) is 39.5 Å². The summed E-state index contributed by atoms with van der Waals surface area (Å²) in [4.78, 5) is 0. The van der Waals surface area contributed by atoms with Gasteiger partial charge in [0.15, 0.2) is 0 Å². The molecule has 0 unspecified atom stereocenters. The fraction of sp³-hybridized carbons (Fsp3) is 0.0769. The largest absolute Gasteiger partial charge is 0.457 e. The van der Waals surface area contributed by atoms with Crippen molar-refractivity contribution in [2.75, 3.05) is 0 Å². The molecule has 2 aromatic rings. The third-order valence-electron chi connectivity index (χ3n) is 2.19. The van der Waals surface area contributed by atoms with Crippen molar-refractivity contribution in [3.8, 4) is 11.5 Å². The molecule has 0 radical (unpaired) electrons. The molecule has 0 heterocycles. The van der Waals surface area contributed by atoms with Gasteiger partial charge < -0.3 is 4.74 Å². The van der Waals surface area contributed by atoms with Gasteiger partial charge in [-0.25, -0.2) is 0 Å². The van der Waals surface area contributed by atoms with E-state index >= 15 is 0 Å². The zero-order chi connectivity index (χ0) is 12.3. The molecular weight excluding hydrogens is 279 g/mol. The van der Waals surface area contributed by atoms with Crippen LogP contribution < -0.4 is 4.74 Å². The monoisotopic (exact) mass is 286 g/mol. The van der Waals surface area contributed by atoms with Crippen LogP contribution in [0.4, 0.5) is 0 Å². The van der Waals surface area contributed by atoms with Gasteiger partial charge in [-0.2, -0.15) is 0 Å². The summed E-state index contributed by atoms with van der Waals surface area (Å²) in [6.07, 6.45) is 0. The molecule has 0 saturated carbocycles. The van der Waals surface area contributed by atoms with E-state index in [0.717, 1.165) is 5.56 Å². The fourth-order valence-electron chi connectivity index (χ4n) is 1.41. The minimum Gasteiger partial charge on any atom is -0.457 e. The van der Waals surface area contributed by atoms with E-state index in [0.29, 0.717) is 27.4 Å². The molecule has 0 fully saturated rings. The van der Waals surface area contributed by atoms with E-state index in [2.05, 4.69) is 0 Å². The van der Waals surface area contributed by atoms with Gasteiger partial charge in [-0.1, -0.05) is 29.3 Å². The topological polar surface area (TPSA) is 9.23 Å². The van der Waals surface area contributed by atoms with Gasteiger partial charge >= 0.3 is 0 Å². The van der Waals surface area contributed by atoms with Crippen LogP contribution in [0.3, 0.4) is 0 Å². The first-order valence-electron chi connectivity index (χ1n) is 4.97. The molecule has 0 amide bonds. The van der Waals surface area contributed by atoms with E-state index < -0.39 is 0 Å². The van der Waals surface area contributed by atoms with Crippen LogP contribution in [-0.4, -0.2) is 0 Å². The molecule has 2 aromatic carbocycles. The van der Waals surface area contributed by atoms with Crippen LogP contribution in [0.1, 0.15) is 5.56 Å². The molecule has 4 heteroatoms. The molecule has 2 rings (SSSR count). The Morgan fingerprint density at radius 3 is 2.41 bits per heavy atom. The average molecular weight is 288 g/mol. The van der Waals surface area contributed by atoms with Crippen LogP contribution in [-0.2, 0) is 5.88 Å². The van der Waals surface area contributed by atoms with Crippen molar-refractivity contribution in [2.24, 2.45) is 0 Å². The predicted molar refractivity (Wildman–Crippen MR) is 72.5 cm³/mol. The predicted octanol–water partition coefficient (Wildman–Crippen LogP) is 5.52. The van der Waals surface area contributed by atoms with Gasteiger partial charge in [-0.15, -0.1) is 11.6 Å². The maximum Gasteiger partial charge on any atom is 0.131 e. The number of halogens is 3. The minimum atomic E-state index is 0.344. The van der Waals surface area contributed by atoms with Crippen LogP contribution >= 0.6 is 34.8 Å². The second-order valence-electron chi connectivity index (χ2n) is 3.45. The first-order chi connectivity index (χ1) is 8.19. The number of benzene rings is 2. The molecule has 0 N–H and O–H groups in total. The molecular formula is C13H9Cl3O. The zero-order valence-electron chi connectivity index (χ0n) is 8.79. The van der Waals surface area contributed by atoms with Gasteiger partial charge in [0, 0.05) is 15.6 Å². The lowest BCUT2D eigenvalue weighted by molar-refractivity contribution is 0.478. The van der Waals surface area contributed by atoms with Crippen LogP contribution in [0.2, 0.25) is 10.0 Å². The van der Waals surface area contributed by atoms with Gasteiger partial charge in [0.25, 0.3) is 0 Å². The highest BCUT2D eigenvalue weighted by atomic mass is 35.5. The second kappa shape index (κ2) is 5.63. The maximum atomic E-state index is 5.89. The number of ether oxygens (including phenoxy) is 1. The van der Waals surface area contributed by atoms with Crippen molar-refractivity contribution in [3.05, 3.63) is 58.1 Å². The molecule has 1 nitrogen and oxygen atoms in total. The summed E-state index contributed by atoms with van der Waals surface area (Å²) in [5, 5.41) is 1.27. The Bertz CT molecular complexity index is 526. The highest BCUT2D eigenvalue weighted by molar-refractivity contribution is 6.31. The molecule has 0 atom stereocenters. The lowest BCUT2D eigenvalue weighted by Gasteiger charge is -2.10. The van der Waals surface area contributed by atoms with Crippen LogP contribution in [0.5, 0.6) is 11.5 Å². The molecule has 0 aliphatic heterocycles. The summed E-state index contributed by atoms with van der Waals surface area (Å²) < 4.78 is 5.71. The molecule has 0 bridgehead atoms. The zero-order valence-corrected chi connectivity index (χ0v) is 11.1. The molecule has 0 saturated heterocycles. The Morgan fingerprint density at radius 1 is 0.941 bits per heavy atom. The van der Waals surface area contributed by atoms with Crippen molar-refractivity contribution < 1.29 is 4.74 Å². The van der Waals surface area contributed by atoms with E-state index in [-0.39, 0.29) is 0 Å². The number of rotatable bonds is 3. The number of hydrogen-bond acceptors (Lipinski definition) is 1. The highest BCUT2D eigenvalue weighted by Crippen LogP contribution is 2.30. The normalized spacial score (nSPS) is 10.3. The van der Waals surface area contributed by atoms with E-state index in [1.54, 1.807) is 30.3 Å². The van der Waals surface area contributed by atoms with E-state index in [1.807, 2.05) is 12.1 Å². The number of hydrogen-bond donors (Lipinski definition) is 0. The summed E-state index contributed by atoms with van der Waals surface area (Å²) in [6, 6.07) is 12.5. The third kappa shape index (κ3) is 3.29. The summed E-state index contributed by atoms with van der Waals surface area (Å²) in [5.41, 5.74) is 0.846. The quantitative estimate of drug-likeness (QED) is 0.675. The van der Waals surface area contributed by atoms with Crippen LogP contribution in [0.25, 0.3) is 0 Å². The summed E-state index contributed by atoms with van der Waals surface area (Å²) >= 11 is 17.6. The van der Waals surface area contributed by atoms with E-state index in [9.17, 15) is 0 Å². The Hall–Kier alpha value is -0.890. The first kappa shape index (κ1) is 12.6. The Kier molecular flexibility index (Phi) is 4.16. The van der Waals surface area contributed by atoms with Gasteiger partial charge in [-0.05, 0) is 36.4 Å². The van der Waals surface area contributed by atoms with Crippen molar-refractivity contribution in [2.45, 2.75) is 5.88 Å². The molecule has 0 spiro atoms. The second-order valence-corrected chi connectivity index (χ2v) is 4.59. The Labute approximate surface area is 115 Å². The molecule has 0 aliphatic rings. The highest BCUT2D eigenvalue weighted by Gasteiger charge is 2.05. The average Bonchev–Trinajstić information content (AvgIpc) is 2.31. The van der Waals surface area contributed by atoms with Gasteiger partial charge in [0.2, 0.25) is 0 Å². The molecule has 0 aromatic heterocycles. The summed E-state index contributed by atoms with van der Waals surface area (Å²) in [6.45, 7) is 0. The van der Waals surface area contributed by atoms with E-state index in [1.165, 1.54) is 0 Å². The third-order valence-corrected chi connectivity index (χ3v) is 2.95. The van der Waals surface area contributed by atoms with Gasteiger partial charge in [0.05, 0.1) is 5.88 Å².